The molecule has 0 aromatic heterocycles. The van der Waals surface area contributed by atoms with Gasteiger partial charge in [0.15, 0.2) is 11.6 Å². The predicted molar refractivity (Wildman–Crippen MR) is 69.7 cm³/mol. The van der Waals surface area contributed by atoms with Crippen molar-refractivity contribution >= 4 is 11.4 Å². The van der Waals surface area contributed by atoms with Gasteiger partial charge in [-0.05, 0) is 39.1 Å². The number of anilines is 2. The number of nitrogens with zero attached hydrogens (tertiary/aromatic N) is 2. The zero-order valence-corrected chi connectivity index (χ0v) is 10.8. The molecule has 100 valence electrons. The van der Waals surface area contributed by atoms with Crippen LogP contribution in [0.2, 0.25) is 0 Å². The quantitative estimate of drug-likeness (QED) is 0.839. The van der Waals surface area contributed by atoms with Crippen molar-refractivity contribution in [1.29, 1.82) is 0 Å². The Bertz CT molecular complexity index is 434. The molecular formula is C13H19F2N3. The summed E-state index contributed by atoms with van der Waals surface area (Å²) in [5.41, 5.74) is 6.33. The lowest BCUT2D eigenvalue weighted by Gasteiger charge is -2.30. The summed E-state index contributed by atoms with van der Waals surface area (Å²) in [6.45, 7) is 1.54. The summed E-state index contributed by atoms with van der Waals surface area (Å²) in [5, 5.41) is 0. The lowest BCUT2D eigenvalue weighted by atomic mass is 10.1. The van der Waals surface area contributed by atoms with Crippen LogP contribution in [0, 0.1) is 11.6 Å². The van der Waals surface area contributed by atoms with Gasteiger partial charge in [0.25, 0.3) is 0 Å². The second-order valence-corrected chi connectivity index (χ2v) is 5.05. The Morgan fingerprint density at radius 1 is 1.39 bits per heavy atom. The van der Waals surface area contributed by atoms with Gasteiger partial charge >= 0.3 is 0 Å². The van der Waals surface area contributed by atoms with Gasteiger partial charge in [-0.1, -0.05) is 0 Å². The molecule has 1 aromatic carbocycles. The largest absolute Gasteiger partial charge is 0.397 e. The standard InChI is InChI=1S/C13H19F2N3/c1-17(2)8-9-4-3-7-18(9)13-11(16)6-5-10(14)12(13)15/h5-6,9H,3-4,7-8,16H2,1-2H3. The van der Waals surface area contributed by atoms with Crippen molar-refractivity contribution in [2.75, 3.05) is 37.8 Å². The second kappa shape index (κ2) is 5.10. The molecule has 0 amide bonds. The van der Waals surface area contributed by atoms with Gasteiger partial charge in [-0.25, -0.2) is 8.78 Å². The normalized spacial score (nSPS) is 19.8. The summed E-state index contributed by atoms with van der Waals surface area (Å²) in [6.07, 6.45) is 1.96. The third-order valence-electron chi connectivity index (χ3n) is 3.34. The van der Waals surface area contributed by atoms with Crippen LogP contribution in [0.15, 0.2) is 12.1 Å². The molecule has 1 atom stereocenters. The van der Waals surface area contributed by atoms with Gasteiger partial charge in [0.1, 0.15) is 0 Å². The Morgan fingerprint density at radius 2 is 2.11 bits per heavy atom. The molecule has 0 spiro atoms. The molecule has 1 aliphatic rings. The predicted octanol–water partition coefficient (Wildman–Crippen LogP) is 2.08. The monoisotopic (exact) mass is 255 g/mol. The molecule has 0 aliphatic carbocycles. The van der Waals surface area contributed by atoms with Crippen molar-refractivity contribution < 1.29 is 8.78 Å². The van der Waals surface area contributed by atoms with Gasteiger partial charge < -0.3 is 15.5 Å². The average molecular weight is 255 g/mol. The van der Waals surface area contributed by atoms with Crippen LogP contribution in [0.4, 0.5) is 20.2 Å². The van der Waals surface area contributed by atoms with Crippen LogP contribution in [-0.2, 0) is 0 Å². The molecule has 1 aromatic rings. The highest BCUT2D eigenvalue weighted by Gasteiger charge is 2.29. The molecule has 5 heteroatoms. The summed E-state index contributed by atoms with van der Waals surface area (Å²) in [4.78, 5) is 3.95. The summed E-state index contributed by atoms with van der Waals surface area (Å²) >= 11 is 0. The Labute approximate surface area is 106 Å². The number of nitrogen functional groups attached to an aromatic ring is 1. The van der Waals surface area contributed by atoms with Crippen LogP contribution < -0.4 is 10.6 Å². The van der Waals surface area contributed by atoms with Gasteiger partial charge in [0, 0.05) is 19.1 Å². The molecule has 1 saturated heterocycles. The van der Waals surface area contributed by atoms with Gasteiger partial charge in [-0.2, -0.15) is 0 Å². The minimum absolute atomic E-state index is 0.193. The fourth-order valence-electron chi connectivity index (χ4n) is 2.59. The van der Waals surface area contributed by atoms with E-state index in [1.807, 2.05) is 19.0 Å². The molecule has 1 unspecified atom stereocenters. The third-order valence-corrected chi connectivity index (χ3v) is 3.34. The number of nitrogens with two attached hydrogens (primary N) is 1. The smallest absolute Gasteiger partial charge is 0.184 e. The van der Waals surface area contributed by atoms with E-state index in [0.29, 0.717) is 5.69 Å². The molecule has 1 fully saturated rings. The maximum atomic E-state index is 13.9. The maximum absolute atomic E-state index is 13.9. The first-order valence-corrected chi connectivity index (χ1v) is 6.15. The van der Waals surface area contributed by atoms with Crippen LogP contribution in [0.3, 0.4) is 0 Å². The van der Waals surface area contributed by atoms with Crippen LogP contribution in [0.25, 0.3) is 0 Å². The van der Waals surface area contributed by atoms with Crippen molar-refractivity contribution in [3.05, 3.63) is 23.8 Å². The highest BCUT2D eigenvalue weighted by Crippen LogP contribution is 2.34. The van der Waals surface area contributed by atoms with E-state index in [1.165, 1.54) is 6.07 Å². The van der Waals surface area contributed by atoms with Crippen molar-refractivity contribution in [3.8, 4) is 0 Å². The molecule has 0 saturated carbocycles. The van der Waals surface area contributed by atoms with Crippen molar-refractivity contribution in [2.24, 2.45) is 0 Å². The van der Waals surface area contributed by atoms with E-state index in [-0.39, 0.29) is 11.7 Å². The molecular weight excluding hydrogens is 236 g/mol. The number of hydrogen-bond donors (Lipinski definition) is 1. The SMILES string of the molecule is CN(C)CC1CCCN1c1c(N)ccc(F)c1F. The van der Waals surface area contributed by atoms with E-state index in [1.54, 1.807) is 0 Å². The zero-order chi connectivity index (χ0) is 13.3. The van der Waals surface area contributed by atoms with Crippen LogP contribution in [0.5, 0.6) is 0 Å². The van der Waals surface area contributed by atoms with Gasteiger partial charge in [-0.15, -0.1) is 0 Å². The Hall–Kier alpha value is -1.36. The van der Waals surface area contributed by atoms with E-state index in [2.05, 4.69) is 4.90 Å². The number of benzene rings is 1. The average Bonchev–Trinajstić information content (AvgIpc) is 2.72. The van der Waals surface area contributed by atoms with E-state index in [4.69, 9.17) is 5.73 Å². The van der Waals surface area contributed by atoms with E-state index >= 15 is 0 Å². The molecule has 2 rings (SSSR count). The van der Waals surface area contributed by atoms with E-state index in [0.717, 1.165) is 32.0 Å². The lowest BCUT2D eigenvalue weighted by Crippen LogP contribution is -2.38. The first-order chi connectivity index (χ1) is 8.50. The lowest BCUT2D eigenvalue weighted by molar-refractivity contribution is 0.370. The van der Waals surface area contributed by atoms with Crippen molar-refractivity contribution in [1.82, 2.24) is 4.90 Å². The van der Waals surface area contributed by atoms with Gasteiger partial charge in [-0.3, -0.25) is 0 Å². The Morgan fingerprint density at radius 3 is 2.78 bits per heavy atom. The first kappa shape index (κ1) is 13.1. The minimum Gasteiger partial charge on any atom is -0.397 e. The van der Waals surface area contributed by atoms with Crippen molar-refractivity contribution in [3.63, 3.8) is 0 Å². The maximum Gasteiger partial charge on any atom is 0.184 e. The summed E-state index contributed by atoms with van der Waals surface area (Å²) in [6, 6.07) is 2.70. The fraction of sp³-hybridized carbons (Fsp3) is 0.538. The molecule has 2 N–H and O–H groups in total. The van der Waals surface area contributed by atoms with E-state index < -0.39 is 11.6 Å². The third kappa shape index (κ3) is 2.41. The van der Waals surface area contributed by atoms with Gasteiger partial charge in [0.05, 0.1) is 11.4 Å². The molecule has 3 nitrogen and oxygen atoms in total. The summed E-state index contributed by atoms with van der Waals surface area (Å²) in [7, 11) is 3.95. The van der Waals surface area contributed by atoms with Crippen LogP contribution in [-0.4, -0.2) is 38.1 Å². The topological polar surface area (TPSA) is 32.5 Å². The zero-order valence-electron chi connectivity index (χ0n) is 10.8. The highest BCUT2D eigenvalue weighted by atomic mass is 19.2. The van der Waals surface area contributed by atoms with Crippen LogP contribution in [0.1, 0.15) is 12.8 Å². The summed E-state index contributed by atoms with van der Waals surface area (Å²) < 4.78 is 27.2. The molecule has 1 heterocycles. The second-order valence-electron chi connectivity index (χ2n) is 5.05. The molecule has 0 radical (unpaired) electrons. The number of halogens is 2. The Kier molecular flexibility index (Phi) is 3.71. The molecule has 18 heavy (non-hydrogen) atoms. The Balaban J connectivity index is 2.33. The minimum atomic E-state index is -0.838. The van der Waals surface area contributed by atoms with Crippen molar-refractivity contribution in [2.45, 2.75) is 18.9 Å². The first-order valence-electron chi connectivity index (χ1n) is 6.15. The number of likely N-dealkylation sites (N-methyl/N-ethyl adjacent to an activating group) is 1. The fourth-order valence-corrected chi connectivity index (χ4v) is 2.59. The highest BCUT2D eigenvalue weighted by molar-refractivity contribution is 5.69. The summed E-state index contributed by atoms with van der Waals surface area (Å²) in [5.74, 6) is -1.67. The molecule has 1 aliphatic heterocycles. The molecule has 0 bridgehead atoms. The number of hydrogen-bond acceptors (Lipinski definition) is 3. The van der Waals surface area contributed by atoms with Gasteiger partial charge in [0.2, 0.25) is 0 Å². The van der Waals surface area contributed by atoms with Crippen LogP contribution >= 0.6 is 0 Å². The van der Waals surface area contributed by atoms with E-state index in [9.17, 15) is 8.78 Å². The number of rotatable bonds is 3.